The second-order valence-corrected chi connectivity index (χ2v) is 2.77. The number of hydrogen-bond donors (Lipinski definition) is 4. The van der Waals surface area contributed by atoms with E-state index in [9.17, 15) is 4.79 Å². The number of rotatable bonds is 7. The van der Waals surface area contributed by atoms with Crippen molar-refractivity contribution < 1.29 is 30.0 Å². The van der Waals surface area contributed by atoms with Gasteiger partial charge in [0.2, 0.25) is 0 Å². The minimum Gasteiger partial charge on any atom is -0.394 e. The van der Waals surface area contributed by atoms with Gasteiger partial charge in [0.25, 0.3) is 0 Å². The smallest absolute Gasteiger partial charge is 0.194 e. The molecule has 0 aliphatic heterocycles. The largest absolute Gasteiger partial charge is 0.394 e. The van der Waals surface area contributed by atoms with Crippen molar-refractivity contribution >= 4 is 5.78 Å². The van der Waals surface area contributed by atoms with E-state index in [0.29, 0.717) is 6.61 Å². The molecule has 3 atom stereocenters. The maximum Gasteiger partial charge on any atom is 0.194 e. The topological polar surface area (TPSA) is 107 Å². The van der Waals surface area contributed by atoms with Gasteiger partial charge in [0.05, 0.1) is 13.2 Å². The van der Waals surface area contributed by atoms with Crippen molar-refractivity contribution in [2.45, 2.75) is 25.2 Å². The Bertz CT molecular complexity index is 171. The van der Waals surface area contributed by atoms with E-state index in [4.69, 9.17) is 25.2 Å². The van der Waals surface area contributed by atoms with Gasteiger partial charge in [-0.05, 0) is 6.92 Å². The average Bonchev–Trinajstić information content (AvgIpc) is 2.22. The van der Waals surface area contributed by atoms with Gasteiger partial charge in [-0.2, -0.15) is 0 Å². The summed E-state index contributed by atoms with van der Waals surface area (Å²) in [6.07, 6.45) is -4.83. The third-order valence-corrected chi connectivity index (χ3v) is 1.65. The van der Waals surface area contributed by atoms with E-state index in [1.165, 1.54) is 0 Å². The van der Waals surface area contributed by atoms with Crippen LogP contribution < -0.4 is 0 Å². The van der Waals surface area contributed by atoms with Crippen molar-refractivity contribution in [2.24, 2.45) is 0 Å². The summed E-state index contributed by atoms with van der Waals surface area (Å²) < 4.78 is 4.75. The van der Waals surface area contributed by atoms with E-state index in [1.807, 2.05) is 0 Å². The van der Waals surface area contributed by atoms with Crippen molar-refractivity contribution in [1.29, 1.82) is 0 Å². The molecule has 0 aromatic heterocycles. The highest BCUT2D eigenvalue weighted by Crippen LogP contribution is 1.99. The van der Waals surface area contributed by atoms with Crippen LogP contribution in [0.4, 0.5) is 0 Å². The van der Waals surface area contributed by atoms with Crippen molar-refractivity contribution in [1.82, 2.24) is 0 Å². The van der Waals surface area contributed by atoms with Crippen molar-refractivity contribution in [3.05, 3.63) is 0 Å². The Labute approximate surface area is 81.7 Å². The molecule has 0 saturated heterocycles. The number of Topliss-reactive ketones (excluding diaryl/α,β-unsaturated/α-hetero) is 1. The maximum atomic E-state index is 11.1. The molecule has 6 nitrogen and oxygen atoms in total. The van der Waals surface area contributed by atoms with Crippen LogP contribution in [0.2, 0.25) is 0 Å². The number of ether oxygens (including phenoxy) is 1. The highest BCUT2D eigenvalue weighted by molar-refractivity contribution is 5.87. The zero-order chi connectivity index (χ0) is 11.1. The lowest BCUT2D eigenvalue weighted by Crippen LogP contribution is -2.43. The molecule has 14 heavy (non-hydrogen) atoms. The summed E-state index contributed by atoms with van der Waals surface area (Å²) in [5, 5.41) is 35.6. The van der Waals surface area contributed by atoms with Crippen molar-refractivity contribution in [3.63, 3.8) is 0 Å². The van der Waals surface area contributed by atoms with Crippen LogP contribution in [0, 0.1) is 0 Å². The first-order valence-corrected chi connectivity index (χ1v) is 4.31. The van der Waals surface area contributed by atoms with Crippen LogP contribution in [-0.4, -0.2) is 64.3 Å². The molecule has 0 aromatic rings. The first kappa shape index (κ1) is 13.5. The zero-order valence-electron chi connectivity index (χ0n) is 7.96. The first-order valence-electron chi connectivity index (χ1n) is 4.31. The highest BCUT2D eigenvalue weighted by Gasteiger charge is 2.28. The summed E-state index contributed by atoms with van der Waals surface area (Å²) in [7, 11) is 0. The summed E-state index contributed by atoms with van der Waals surface area (Å²) >= 11 is 0. The summed E-state index contributed by atoms with van der Waals surface area (Å²) in [6, 6.07) is 0. The molecular weight excluding hydrogens is 192 g/mol. The summed E-state index contributed by atoms with van der Waals surface area (Å²) in [4.78, 5) is 11.1. The standard InChI is InChI=1S/C8H16O6/c1-2-14-4-6(11)8(13)7(12)5(10)3-9/h5-7,9-12H,2-4H2,1H3/t5-,6?,7-/m1/s1. The summed E-state index contributed by atoms with van der Waals surface area (Å²) in [6.45, 7) is 1.05. The molecule has 0 aromatic carbocycles. The summed E-state index contributed by atoms with van der Waals surface area (Å²) in [5.41, 5.74) is 0. The predicted molar refractivity (Wildman–Crippen MR) is 46.6 cm³/mol. The van der Waals surface area contributed by atoms with Gasteiger partial charge in [-0.1, -0.05) is 0 Å². The third-order valence-electron chi connectivity index (χ3n) is 1.65. The quantitative estimate of drug-likeness (QED) is 0.374. The van der Waals surface area contributed by atoms with Crippen LogP contribution in [0.1, 0.15) is 6.92 Å². The fraction of sp³-hybridized carbons (Fsp3) is 0.875. The SMILES string of the molecule is CCOCC(O)C(=O)[C@H](O)[C@H](O)CO. The lowest BCUT2D eigenvalue weighted by Gasteiger charge is -2.17. The molecule has 0 aliphatic carbocycles. The Hall–Kier alpha value is -0.530. The van der Waals surface area contributed by atoms with Crippen LogP contribution in [0.5, 0.6) is 0 Å². The molecule has 84 valence electrons. The molecular formula is C8H16O6. The second kappa shape index (κ2) is 6.86. The molecule has 4 N–H and O–H groups in total. The van der Waals surface area contributed by atoms with E-state index < -0.39 is 30.7 Å². The number of carbonyl (C=O) groups excluding carboxylic acids is 1. The maximum absolute atomic E-state index is 11.1. The first-order chi connectivity index (χ1) is 6.54. The summed E-state index contributed by atoms with van der Waals surface area (Å²) in [5.74, 6) is -0.958. The van der Waals surface area contributed by atoms with Crippen LogP contribution >= 0.6 is 0 Å². The van der Waals surface area contributed by atoms with Crippen LogP contribution in [0.3, 0.4) is 0 Å². The molecule has 0 radical (unpaired) electrons. The fourth-order valence-electron chi connectivity index (χ4n) is 0.798. The van der Waals surface area contributed by atoms with Gasteiger partial charge in [-0.25, -0.2) is 0 Å². The number of aliphatic hydroxyl groups is 4. The van der Waals surface area contributed by atoms with Gasteiger partial charge >= 0.3 is 0 Å². The van der Waals surface area contributed by atoms with E-state index in [-0.39, 0.29) is 6.61 Å². The van der Waals surface area contributed by atoms with Crippen LogP contribution in [-0.2, 0) is 9.53 Å². The van der Waals surface area contributed by atoms with E-state index in [0.717, 1.165) is 0 Å². The lowest BCUT2D eigenvalue weighted by molar-refractivity contribution is -0.145. The number of carbonyl (C=O) groups is 1. The van der Waals surface area contributed by atoms with Crippen LogP contribution in [0.25, 0.3) is 0 Å². The Morgan fingerprint density at radius 3 is 2.36 bits per heavy atom. The molecule has 0 heterocycles. The van der Waals surface area contributed by atoms with Gasteiger partial charge in [-0.15, -0.1) is 0 Å². The van der Waals surface area contributed by atoms with Crippen LogP contribution in [0.15, 0.2) is 0 Å². The Morgan fingerprint density at radius 2 is 1.93 bits per heavy atom. The molecule has 0 spiro atoms. The van der Waals surface area contributed by atoms with E-state index in [1.54, 1.807) is 6.92 Å². The van der Waals surface area contributed by atoms with Gasteiger partial charge < -0.3 is 25.2 Å². The minimum absolute atomic E-state index is 0.232. The molecule has 0 bridgehead atoms. The third kappa shape index (κ3) is 4.12. The Balaban J connectivity index is 4.03. The predicted octanol–water partition coefficient (Wildman–Crippen LogP) is -2.33. The van der Waals surface area contributed by atoms with Gasteiger partial charge in [0.15, 0.2) is 5.78 Å². The molecule has 1 unspecified atom stereocenters. The zero-order valence-corrected chi connectivity index (χ0v) is 7.96. The van der Waals surface area contributed by atoms with Gasteiger partial charge in [-0.3, -0.25) is 4.79 Å². The fourth-order valence-corrected chi connectivity index (χ4v) is 0.798. The van der Waals surface area contributed by atoms with Gasteiger partial charge in [0, 0.05) is 6.61 Å². The molecule has 0 saturated carbocycles. The molecule has 0 amide bonds. The molecule has 0 aliphatic rings. The van der Waals surface area contributed by atoms with Crippen molar-refractivity contribution in [2.75, 3.05) is 19.8 Å². The van der Waals surface area contributed by atoms with E-state index >= 15 is 0 Å². The lowest BCUT2D eigenvalue weighted by atomic mass is 10.1. The highest BCUT2D eigenvalue weighted by atomic mass is 16.5. The molecule has 0 fully saturated rings. The second-order valence-electron chi connectivity index (χ2n) is 2.77. The van der Waals surface area contributed by atoms with Crippen molar-refractivity contribution in [3.8, 4) is 0 Å². The monoisotopic (exact) mass is 208 g/mol. The molecule has 6 heteroatoms. The van der Waals surface area contributed by atoms with Gasteiger partial charge in [0.1, 0.15) is 18.3 Å². The Kier molecular flexibility index (Phi) is 6.60. The van der Waals surface area contributed by atoms with E-state index in [2.05, 4.69) is 0 Å². The number of ketones is 1. The number of aliphatic hydroxyl groups excluding tert-OH is 4. The average molecular weight is 208 g/mol. The molecule has 0 rings (SSSR count). The minimum atomic E-state index is -1.78. The Morgan fingerprint density at radius 1 is 1.36 bits per heavy atom. The normalized spacial score (nSPS) is 17.5. The number of hydrogen-bond acceptors (Lipinski definition) is 6.